The molecule has 62 valence electrons. The van der Waals surface area contributed by atoms with Crippen LogP contribution in [0.1, 0.15) is 0 Å². The zero-order valence-corrected chi connectivity index (χ0v) is 8.47. The van der Waals surface area contributed by atoms with Crippen LogP contribution in [0.2, 0.25) is 0 Å². The van der Waals surface area contributed by atoms with Crippen molar-refractivity contribution in [1.82, 2.24) is 0 Å². The SMILES string of the molecule is NC(=S)SCCSC(N)=S.[NaH].[NaH]. The molecule has 0 aliphatic rings. The predicted molar refractivity (Wildman–Crippen MR) is 72.8 cm³/mol. The second-order valence-electron chi connectivity index (χ2n) is 1.33. The molecule has 0 amide bonds. The fourth-order valence-corrected chi connectivity index (χ4v) is 1.85. The topological polar surface area (TPSA) is 52.0 Å². The summed E-state index contributed by atoms with van der Waals surface area (Å²) in [5.41, 5.74) is 10.5. The minimum atomic E-state index is 0. The molecule has 0 aromatic carbocycles. The number of hydrogen-bond donors (Lipinski definition) is 2. The number of rotatable bonds is 3. The fourth-order valence-electron chi connectivity index (χ4n) is 0.285. The summed E-state index contributed by atoms with van der Waals surface area (Å²) in [4.78, 5) is 0. The molecule has 0 radical (unpaired) electrons. The second-order valence-corrected chi connectivity index (χ2v) is 5.00. The van der Waals surface area contributed by atoms with Crippen molar-refractivity contribution < 1.29 is 0 Å². The molecule has 0 aromatic rings. The average Bonchev–Trinajstić information content (AvgIpc) is 1.79. The van der Waals surface area contributed by atoms with Crippen LogP contribution in [0.3, 0.4) is 0 Å². The van der Waals surface area contributed by atoms with Gasteiger partial charge in [-0.15, -0.1) is 0 Å². The Kier molecular flexibility index (Phi) is 22.4. The molecule has 0 aromatic heterocycles. The van der Waals surface area contributed by atoms with E-state index in [-0.39, 0.29) is 59.1 Å². The van der Waals surface area contributed by atoms with Crippen molar-refractivity contribution in [2.75, 3.05) is 11.5 Å². The van der Waals surface area contributed by atoms with Crippen LogP contribution in [-0.2, 0) is 0 Å². The number of thiocarbonyl (C=S) groups is 2. The fraction of sp³-hybridized carbons (Fsp3) is 0.500. The van der Waals surface area contributed by atoms with E-state index in [0.29, 0.717) is 8.64 Å². The van der Waals surface area contributed by atoms with Gasteiger partial charge in [0.15, 0.2) is 0 Å². The van der Waals surface area contributed by atoms with Gasteiger partial charge in [-0.1, -0.05) is 48.0 Å². The summed E-state index contributed by atoms with van der Waals surface area (Å²) in [7, 11) is 0. The van der Waals surface area contributed by atoms with Crippen LogP contribution in [0, 0.1) is 0 Å². The maximum absolute atomic E-state index is 5.23. The molecule has 0 atom stereocenters. The predicted octanol–water partition coefficient (Wildman–Crippen LogP) is -0.357. The van der Waals surface area contributed by atoms with Crippen LogP contribution >= 0.6 is 48.0 Å². The quantitative estimate of drug-likeness (QED) is 0.411. The van der Waals surface area contributed by atoms with Gasteiger partial charge in [-0.3, -0.25) is 0 Å². The molecule has 0 aliphatic heterocycles. The first-order valence-corrected chi connectivity index (χ1v) is 5.26. The van der Waals surface area contributed by atoms with Crippen LogP contribution in [-0.4, -0.2) is 79.3 Å². The van der Waals surface area contributed by atoms with Crippen molar-refractivity contribution in [3.63, 3.8) is 0 Å². The van der Waals surface area contributed by atoms with E-state index in [9.17, 15) is 0 Å². The van der Waals surface area contributed by atoms with Gasteiger partial charge < -0.3 is 11.5 Å². The molecule has 0 unspecified atom stereocenters. The Labute approximate surface area is 136 Å². The van der Waals surface area contributed by atoms with E-state index in [4.69, 9.17) is 11.5 Å². The Bertz CT molecular complexity index is 127. The summed E-state index contributed by atoms with van der Waals surface area (Å²) in [5, 5.41) is 0. The maximum atomic E-state index is 5.23. The molecule has 0 heterocycles. The Morgan fingerprint density at radius 3 is 1.33 bits per heavy atom. The molecule has 0 saturated heterocycles. The van der Waals surface area contributed by atoms with E-state index >= 15 is 0 Å². The number of nitrogens with two attached hydrogens (primary N) is 2. The zero-order chi connectivity index (χ0) is 7.98. The van der Waals surface area contributed by atoms with E-state index in [2.05, 4.69) is 24.4 Å². The Hall–Kier alpha value is 2.48. The second kappa shape index (κ2) is 13.5. The summed E-state index contributed by atoms with van der Waals surface area (Å²) in [6.07, 6.45) is 0. The molecule has 8 heteroatoms. The van der Waals surface area contributed by atoms with Crippen LogP contribution in [0.4, 0.5) is 0 Å². The van der Waals surface area contributed by atoms with Crippen molar-refractivity contribution in [2.45, 2.75) is 0 Å². The molecule has 0 fully saturated rings. The first kappa shape index (κ1) is 20.0. The van der Waals surface area contributed by atoms with Gasteiger partial charge in [0, 0.05) is 11.5 Å². The Morgan fingerprint density at radius 1 is 0.917 bits per heavy atom. The van der Waals surface area contributed by atoms with Crippen molar-refractivity contribution in [1.29, 1.82) is 0 Å². The van der Waals surface area contributed by atoms with E-state index in [1.54, 1.807) is 0 Å². The van der Waals surface area contributed by atoms with Crippen LogP contribution in [0.5, 0.6) is 0 Å². The third-order valence-electron chi connectivity index (χ3n) is 0.572. The van der Waals surface area contributed by atoms with Crippen LogP contribution < -0.4 is 11.5 Å². The first-order chi connectivity index (χ1) is 4.63. The number of hydrogen-bond acceptors (Lipinski definition) is 4. The van der Waals surface area contributed by atoms with Crippen molar-refractivity contribution in [3.8, 4) is 0 Å². The minimum absolute atomic E-state index is 0. The third kappa shape index (κ3) is 18.3. The van der Waals surface area contributed by atoms with Crippen molar-refractivity contribution in [3.05, 3.63) is 0 Å². The summed E-state index contributed by atoms with van der Waals surface area (Å²) in [6.45, 7) is 0. The van der Waals surface area contributed by atoms with Gasteiger partial charge in [0.25, 0.3) is 0 Å². The molecule has 0 spiro atoms. The standard InChI is InChI=1S/C4H8N2S4.2Na.2H/c5-3(7)9-1-2-10-4(6)8;;;;/h1-2H2,(H2,5,7)(H2,6,8);;;;. The van der Waals surface area contributed by atoms with E-state index in [1.807, 2.05) is 0 Å². The summed E-state index contributed by atoms with van der Waals surface area (Å²) >= 11 is 12.2. The van der Waals surface area contributed by atoms with Gasteiger partial charge in [-0.25, -0.2) is 0 Å². The van der Waals surface area contributed by atoms with E-state index in [0.717, 1.165) is 11.5 Å². The molecule has 4 N–H and O–H groups in total. The van der Waals surface area contributed by atoms with Crippen molar-refractivity contribution >= 4 is 116 Å². The zero-order valence-electron chi connectivity index (χ0n) is 5.20. The van der Waals surface area contributed by atoms with Gasteiger partial charge in [-0.2, -0.15) is 0 Å². The molecule has 12 heavy (non-hydrogen) atoms. The van der Waals surface area contributed by atoms with Crippen LogP contribution in [0.15, 0.2) is 0 Å². The van der Waals surface area contributed by atoms with Gasteiger partial charge in [0.2, 0.25) is 0 Å². The normalized spacial score (nSPS) is 7.67. The summed E-state index contributed by atoms with van der Waals surface area (Å²) < 4.78 is 0.951. The first-order valence-electron chi connectivity index (χ1n) is 2.47. The van der Waals surface area contributed by atoms with E-state index < -0.39 is 0 Å². The van der Waals surface area contributed by atoms with Gasteiger partial charge in [0.1, 0.15) is 8.64 Å². The molecular formula is C4H10N2Na2S4. The monoisotopic (exact) mass is 260 g/mol. The van der Waals surface area contributed by atoms with Crippen LogP contribution in [0.25, 0.3) is 0 Å². The Morgan fingerprint density at radius 2 is 1.17 bits per heavy atom. The van der Waals surface area contributed by atoms with Gasteiger partial charge in [0.05, 0.1) is 0 Å². The average molecular weight is 260 g/mol. The summed E-state index contributed by atoms with van der Waals surface area (Å²) in [5.74, 6) is 1.74. The molecule has 2 nitrogen and oxygen atoms in total. The number of thioether (sulfide) groups is 2. The molecule has 0 rings (SSSR count). The Balaban J connectivity index is -0.000000405. The molecular weight excluding hydrogens is 250 g/mol. The van der Waals surface area contributed by atoms with Gasteiger partial charge >= 0.3 is 59.1 Å². The van der Waals surface area contributed by atoms with Gasteiger partial charge in [-0.05, 0) is 0 Å². The molecule has 0 bridgehead atoms. The molecule has 0 saturated carbocycles. The van der Waals surface area contributed by atoms with Crippen molar-refractivity contribution in [2.24, 2.45) is 11.5 Å². The third-order valence-corrected chi connectivity index (χ3v) is 2.92. The molecule has 0 aliphatic carbocycles. The van der Waals surface area contributed by atoms with E-state index in [1.165, 1.54) is 23.5 Å². The summed E-state index contributed by atoms with van der Waals surface area (Å²) in [6, 6.07) is 0.